The summed E-state index contributed by atoms with van der Waals surface area (Å²) in [5, 5.41) is 3.73. The van der Waals surface area contributed by atoms with Crippen molar-refractivity contribution < 1.29 is 14.3 Å². The zero-order valence-corrected chi connectivity index (χ0v) is 17.6. The first-order chi connectivity index (χ1) is 13.4. The number of halogens is 1. The predicted octanol–water partition coefficient (Wildman–Crippen LogP) is 5.03. The highest BCUT2D eigenvalue weighted by atomic mass is 35.5. The Morgan fingerprint density at radius 1 is 1.14 bits per heavy atom. The van der Waals surface area contributed by atoms with E-state index in [1.165, 1.54) is 45.6 Å². The molecule has 152 valence electrons. The lowest BCUT2D eigenvalue weighted by atomic mass is 9.48. The number of rotatable bonds is 7. The second-order valence-corrected chi connectivity index (χ2v) is 9.77. The summed E-state index contributed by atoms with van der Waals surface area (Å²) in [6.45, 7) is 2.17. The summed E-state index contributed by atoms with van der Waals surface area (Å²) in [7, 11) is 1.53. The fourth-order valence-corrected chi connectivity index (χ4v) is 6.61. The Morgan fingerprint density at radius 3 is 2.32 bits per heavy atom. The van der Waals surface area contributed by atoms with Crippen LogP contribution in [0.15, 0.2) is 18.2 Å². The number of hydrogen-bond acceptors (Lipinski definition) is 3. The zero-order valence-electron chi connectivity index (χ0n) is 16.8. The van der Waals surface area contributed by atoms with Gasteiger partial charge in [-0.2, -0.15) is 0 Å². The number of ether oxygens (including phenoxy) is 1. The minimum atomic E-state index is -0.114. The van der Waals surface area contributed by atoms with Crippen molar-refractivity contribution >= 4 is 23.3 Å². The highest BCUT2D eigenvalue weighted by molar-refractivity contribution is 6.31. The SMILES string of the molecule is COc1ccc(Cl)cc1C(=O)CCC(=O)NC(C)C12CC3CC(CC(C3)C1)C2. The van der Waals surface area contributed by atoms with Crippen molar-refractivity contribution in [3.05, 3.63) is 28.8 Å². The van der Waals surface area contributed by atoms with Gasteiger partial charge in [-0.1, -0.05) is 11.6 Å². The summed E-state index contributed by atoms with van der Waals surface area (Å²) in [5.41, 5.74) is 0.724. The van der Waals surface area contributed by atoms with Crippen LogP contribution < -0.4 is 10.1 Å². The van der Waals surface area contributed by atoms with Gasteiger partial charge in [0.2, 0.25) is 5.91 Å². The van der Waals surface area contributed by atoms with E-state index in [4.69, 9.17) is 16.3 Å². The molecule has 1 atom stereocenters. The Labute approximate surface area is 172 Å². The van der Waals surface area contributed by atoms with Crippen LogP contribution in [-0.2, 0) is 4.79 Å². The van der Waals surface area contributed by atoms with Crippen molar-refractivity contribution in [2.24, 2.45) is 23.2 Å². The van der Waals surface area contributed by atoms with Crippen LogP contribution in [0.3, 0.4) is 0 Å². The average molecular weight is 404 g/mol. The molecular formula is C23H30ClNO3. The molecule has 1 unspecified atom stereocenters. The lowest BCUT2D eigenvalue weighted by Gasteiger charge is -2.59. The molecule has 0 spiro atoms. The number of methoxy groups -OCH3 is 1. The summed E-state index contributed by atoms with van der Waals surface area (Å²) in [5.74, 6) is 2.94. The van der Waals surface area contributed by atoms with Crippen LogP contribution in [0, 0.1) is 23.2 Å². The van der Waals surface area contributed by atoms with Crippen LogP contribution >= 0.6 is 11.6 Å². The molecule has 28 heavy (non-hydrogen) atoms. The van der Waals surface area contributed by atoms with Gasteiger partial charge in [0.05, 0.1) is 12.7 Å². The molecule has 0 aromatic heterocycles. The monoisotopic (exact) mass is 403 g/mol. The molecule has 0 heterocycles. The van der Waals surface area contributed by atoms with Crippen LogP contribution in [0.5, 0.6) is 5.75 Å². The zero-order chi connectivity index (χ0) is 19.9. The van der Waals surface area contributed by atoms with E-state index in [9.17, 15) is 9.59 Å². The maximum atomic E-state index is 12.6. The van der Waals surface area contributed by atoms with Gasteiger partial charge < -0.3 is 10.1 Å². The maximum Gasteiger partial charge on any atom is 0.220 e. The molecule has 0 radical (unpaired) electrons. The molecule has 5 heteroatoms. The van der Waals surface area contributed by atoms with Crippen molar-refractivity contribution in [1.29, 1.82) is 0 Å². The topological polar surface area (TPSA) is 55.4 Å². The number of carbonyl (C=O) groups is 2. The number of carbonyl (C=O) groups excluding carboxylic acids is 2. The van der Waals surface area contributed by atoms with E-state index in [-0.39, 0.29) is 36.0 Å². The minimum Gasteiger partial charge on any atom is -0.496 e. The number of nitrogens with one attached hydrogen (secondary N) is 1. The van der Waals surface area contributed by atoms with Crippen molar-refractivity contribution in [2.75, 3.05) is 7.11 Å². The molecule has 0 aliphatic heterocycles. The van der Waals surface area contributed by atoms with Crippen molar-refractivity contribution in [1.82, 2.24) is 5.32 Å². The lowest BCUT2D eigenvalue weighted by Crippen LogP contribution is -2.55. The van der Waals surface area contributed by atoms with Gasteiger partial charge in [0, 0.05) is 23.9 Å². The van der Waals surface area contributed by atoms with Crippen LogP contribution in [0.1, 0.15) is 68.6 Å². The van der Waals surface area contributed by atoms with E-state index >= 15 is 0 Å². The minimum absolute atomic E-state index is 0.0300. The second kappa shape index (κ2) is 7.70. The first kappa shape index (κ1) is 19.8. The highest BCUT2D eigenvalue weighted by Gasteiger charge is 2.53. The fourth-order valence-electron chi connectivity index (χ4n) is 6.43. The average Bonchev–Trinajstić information content (AvgIpc) is 2.65. The normalized spacial score (nSPS) is 31.5. The van der Waals surface area contributed by atoms with Crippen LogP contribution in [0.2, 0.25) is 5.02 Å². The van der Waals surface area contributed by atoms with Crippen molar-refractivity contribution in [3.63, 3.8) is 0 Å². The molecule has 4 fully saturated rings. The predicted molar refractivity (Wildman–Crippen MR) is 110 cm³/mol. The fraction of sp³-hybridized carbons (Fsp3) is 0.652. The summed E-state index contributed by atoms with van der Waals surface area (Å²) in [4.78, 5) is 25.2. The Bertz CT molecular complexity index is 740. The van der Waals surface area contributed by atoms with Gasteiger partial charge in [-0.15, -0.1) is 0 Å². The van der Waals surface area contributed by atoms with Gasteiger partial charge in [-0.25, -0.2) is 0 Å². The van der Waals surface area contributed by atoms with Crippen LogP contribution in [-0.4, -0.2) is 24.8 Å². The Kier molecular flexibility index (Phi) is 5.43. The van der Waals surface area contributed by atoms with Gasteiger partial charge >= 0.3 is 0 Å². The quantitative estimate of drug-likeness (QED) is 0.649. The molecular weight excluding hydrogens is 374 g/mol. The van der Waals surface area contributed by atoms with E-state index in [1.807, 2.05) is 0 Å². The third kappa shape index (κ3) is 3.80. The highest BCUT2D eigenvalue weighted by Crippen LogP contribution is 2.61. The second-order valence-electron chi connectivity index (χ2n) is 9.34. The molecule has 0 saturated heterocycles. The molecule has 5 rings (SSSR count). The van der Waals surface area contributed by atoms with E-state index in [0.717, 1.165) is 17.8 Å². The molecule has 4 aliphatic rings. The van der Waals surface area contributed by atoms with Gasteiger partial charge in [0.25, 0.3) is 0 Å². The van der Waals surface area contributed by atoms with Crippen LogP contribution in [0.4, 0.5) is 0 Å². The smallest absolute Gasteiger partial charge is 0.220 e. The summed E-state index contributed by atoms with van der Waals surface area (Å²) < 4.78 is 5.25. The molecule has 1 aromatic carbocycles. The molecule has 1 N–H and O–H groups in total. The number of amides is 1. The van der Waals surface area contributed by atoms with E-state index in [0.29, 0.717) is 16.3 Å². The Morgan fingerprint density at radius 2 is 1.75 bits per heavy atom. The molecule has 4 nitrogen and oxygen atoms in total. The molecule has 4 saturated carbocycles. The maximum absolute atomic E-state index is 12.6. The largest absolute Gasteiger partial charge is 0.496 e. The summed E-state index contributed by atoms with van der Waals surface area (Å²) in [6.07, 6.45) is 8.35. The summed E-state index contributed by atoms with van der Waals surface area (Å²) in [6, 6.07) is 5.17. The third-order valence-electron chi connectivity index (χ3n) is 7.42. The third-order valence-corrected chi connectivity index (χ3v) is 7.66. The number of ketones is 1. The first-order valence-corrected chi connectivity index (χ1v) is 10.9. The van der Waals surface area contributed by atoms with Gasteiger partial charge in [-0.3, -0.25) is 9.59 Å². The number of hydrogen-bond donors (Lipinski definition) is 1. The molecule has 4 aliphatic carbocycles. The van der Waals surface area contributed by atoms with Gasteiger partial charge in [0.1, 0.15) is 5.75 Å². The standard InChI is InChI=1S/C23H30ClNO3/c1-14(23-11-15-7-16(12-23)9-17(8-15)13-23)25-22(27)6-4-20(26)19-10-18(24)3-5-21(19)28-2/h3,5,10,14-17H,4,6-9,11-13H2,1-2H3,(H,25,27). The summed E-state index contributed by atoms with van der Waals surface area (Å²) >= 11 is 6.01. The molecule has 1 aromatic rings. The van der Waals surface area contributed by atoms with E-state index in [1.54, 1.807) is 18.2 Å². The van der Waals surface area contributed by atoms with Crippen molar-refractivity contribution in [3.8, 4) is 5.75 Å². The number of Topliss-reactive ketones (excluding diaryl/α,β-unsaturated/α-hetero) is 1. The number of benzene rings is 1. The van der Waals surface area contributed by atoms with E-state index < -0.39 is 0 Å². The van der Waals surface area contributed by atoms with Gasteiger partial charge in [0.15, 0.2) is 5.78 Å². The Balaban J connectivity index is 1.34. The first-order valence-electron chi connectivity index (χ1n) is 10.5. The van der Waals surface area contributed by atoms with Gasteiger partial charge in [-0.05, 0) is 86.8 Å². The molecule has 4 bridgehead atoms. The van der Waals surface area contributed by atoms with E-state index in [2.05, 4.69) is 12.2 Å². The molecule has 1 amide bonds. The van der Waals surface area contributed by atoms with Crippen LogP contribution in [0.25, 0.3) is 0 Å². The lowest BCUT2D eigenvalue weighted by molar-refractivity contribution is -0.125. The van der Waals surface area contributed by atoms with Crippen molar-refractivity contribution in [2.45, 2.75) is 64.3 Å². The Hall–Kier alpha value is -1.55.